The third-order valence-corrected chi connectivity index (χ3v) is 3.27. The first kappa shape index (κ1) is 15.6. The van der Waals surface area contributed by atoms with Gasteiger partial charge in [0.15, 0.2) is 6.04 Å². The van der Waals surface area contributed by atoms with Crippen LogP contribution in [0.15, 0.2) is 24.3 Å². The highest BCUT2D eigenvalue weighted by atomic mass is 32.2. The van der Waals surface area contributed by atoms with E-state index in [1.807, 2.05) is 6.92 Å². The second kappa shape index (κ2) is 7.22. The molecule has 6 nitrogen and oxygen atoms in total. The van der Waals surface area contributed by atoms with E-state index in [0.29, 0.717) is 5.69 Å². The van der Waals surface area contributed by atoms with Gasteiger partial charge in [-0.1, -0.05) is 17.7 Å². The topological polar surface area (TPSA) is 87.1 Å². The Morgan fingerprint density at radius 3 is 2.42 bits per heavy atom. The van der Waals surface area contributed by atoms with Crippen LogP contribution in [-0.4, -0.2) is 39.1 Å². The molecule has 0 aliphatic heterocycles. The molecule has 0 aromatic heterocycles. The molecule has 0 amide bonds. The van der Waals surface area contributed by atoms with Crippen LogP contribution in [0, 0.1) is 6.92 Å². The van der Waals surface area contributed by atoms with Crippen LogP contribution in [-0.2, 0) is 20.8 Å². The Labute approximate surface area is 114 Å². The van der Waals surface area contributed by atoms with Crippen molar-refractivity contribution in [3.05, 3.63) is 29.8 Å². The molecule has 1 aromatic rings. The fourth-order valence-corrected chi connectivity index (χ4v) is 2.23. The van der Waals surface area contributed by atoms with Crippen LogP contribution in [0.2, 0.25) is 0 Å². The number of aliphatic hydroxyl groups excluding tert-OH is 1. The number of nitrogens with zero attached hydrogens (tertiary/aromatic N) is 1. The van der Waals surface area contributed by atoms with Crippen molar-refractivity contribution in [3.63, 3.8) is 0 Å². The summed E-state index contributed by atoms with van der Waals surface area (Å²) in [6, 6.07) is 5.48. The molecule has 2 N–H and O–H groups in total. The Morgan fingerprint density at radius 1 is 1.42 bits per heavy atom. The predicted molar refractivity (Wildman–Crippen MR) is 71.9 cm³/mol. The second-order valence-corrected chi connectivity index (χ2v) is 4.70. The van der Waals surface area contributed by atoms with E-state index in [1.54, 1.807) is 31.2 Å². The summed E-state index contributed by atoms with van der Waals surface area (Å²) in [5.74, 6) is -0.743. The Hall–Kier alpha value is -1.44. The van der Waals surface area contributed by atoms with E-state index in [-0.39, 0.29) is 6.61 Å². The molecule has 19 heavy (non-hydrogen) atoms. The summed E-state index contributed by atoms with van der Waals surface area (Å²) < 4.78 is 26.4. The van der Waals surface area contributed by atoms with Gasteiger partial charge in [0.05, 0.1) is 18.9 Å². The highest BCUT2D eigenvalue weighted by molar-refractivity contribution is 7.80. The lowest BCUT2D eigenvalue weighted by molar-refractivity contribution is -0.145. The molecule has 0 radical (unpaired) electrons. The lowest BCUT2D eigenvalue weighted by atomic mass is 10.2. The largest absolute Gasteiger partial charge is 0.464 e. The maximum atomic E-state index is 11.7. The smallest absolute Gasteiger partial charge is 0.332 e. The van der Waals surface area contributed by atoms with Crippen molar-refractivity contribution in [2.24, 2.45) is 0 Å². The van der Waals surface area contributed by atoms with Crippen molar-refractivity contribution in [2.75, 3.05) is 17.5 Å². The SMILES string of the molecule is CCOC(=O)C(CO)N(c1ccc(C)cc1)S(=O)O. The monoisotopic (exact) mass is 287 g/mol. The van der Waals surface area contributed by atoms with Gasteiger partial charge in [0.25, 0.3) is 11.3 Å². The number of ether oxygens (including phenoxy) is 1. The molecule has 0 bridgehead atoms. The standard InChI is InChI=1S/C12H17NO5S/c1-3-18-12(15)11(8-14)13(19(16)17)10-6-4-9(2)5-7-10/h4-7,11,14H,3,8H2,1-2H3,(H,16,17). The summed E-state index contributed by atoms with van der Waals surface area (Å²) in [6.07, 6.45) is 0. The van der Waals surface area contributed by atoms with Crippen molar-refractivity contribution in [1.29, 1.82) is 0 Å². The van der Waals surface area contributed by atoms with Gasteiger partial charge in [-0.2, -0.15) is 0 Å². The minimum Gasteiger partial charge on any atom is -0.464 e. The first-order valence-corrected chi connectivity index (χ1v) is 6.82. The Kier molecular flexibility index (Phi) is 5.94. The molecule has 0 saturated heterocycles. The third-order valence-electron chi connectivity index (χ3n) is 2.47. The van der Waals surface area contributed by atoms with E-state index in [1.165, 1.54) is 0 Å². The molecule has 0 saturated carbocycles. The van der Waals surface area contributed by atoms with Crippen molar-refractivity contribution < 1.29 is 23.4 Å². The molecular weight excluding hydrogens is 270 g/mol. The Balaban J connectivity index is 3.08. The summed E-state index contributed by atoms with van der Waals surface area (Å²) in [7, 11) is 0. The van der Waals surface area contributed by atoms with Gasteiger partial charge in [-0.15, -0.1) is 0 Å². The summed E-state index contributed by atoms with van der Waals surface area (Å²) in [4.78, 5) is 11.7. The highest BCUT2D eigenvalue weighted by Gasteiger charge is 2.30. The molecule has 0 spiro atoms. The minimum atomic E-state index is -2.44. The summed E-state index contributed by atoms with van der Waals surface area (Å²) in [5, 5.41) is 9.27. The maximum absolute atomic E-state index is 11.7. The van der Waals surface area contributed by atoms with E-state index in [4.69, 9.17) is 4.74 Å². The van der Waals surface area contributed by atoms with E-state index < -0.39 is 29.9 Å². The van der Waals surface area contributed by atoms with Crippen molar-refractivity contribution in [2.45, 2.75) is 19.9 Å². The molecule has 0 aliphatic carbocycles. The molecule has 0 fully saturated rings. The van der Waals surface area contributed by atoms with Crippen LogP contribution in [0.25, 0.3) is 0 Å². The van der Waals surface area contributed by atoms with Gasteiger partial charge in [0.1, 0.15) is 0 Å². The Morgan fingerprint density at radius 2 is 2.00 bits per heavy atom. The molecule has 7 heteroatoms. The second-order valence-electron chi connectivity index (χ2n) is 3.84. The number of aliphatic hydroxyl groups is 1. The van der Waals surface area contributed by atoms with Crippen LogP contribution >= 0.6 is 0 Å². The molecule has 2 unspecified atom stereocenters. The van der Waals surface area contributed by atoms with Crippen LogP contribution in [0.1, 0.15) is 12.5 Å². The van der Waals surface area contributed by atoms with Gasteiger partial charge in [-0.25, -0.2) is 9.00 Å². The van der Waals surface area contributed by atoms with Crippen molar-refractivity contribution in [3.8, 4) is 0 Å². The number of hydrogen-bond donors (Lipinski definition) is 2. The number of rotatable bonds is 6. The lowest BCUT2D eigenvalue weighted by Crippen LogP contribution is -2.45. The Bertz CT molecular complexity index is 448. The quantitative estimate of drug-likeness (QED) is 0.598. The molecule has 0 aliphatic rings. The normalized spacial score (nSPS) is 13.7. The van der Waals surface area contributed by atoms with E-state index in [9.17, 15) is 18.7 Å². The zero-order valence-electron chi connectivity index (χ0n) is 10.8. The number of benzene rings is 1. The highest BCUT2D eigenvalue weighted by Crippen LogP contribution is 2.20. The number of hydrogen-bond acceptors (Lipinski definition) is 4. The van der Waals surface area contributed by atoms with Crippen molar-refractivity contribution >= 4 is 22.9 Å². The predicted octanol–water partition coefficient (Wildman–Crippen LogP) is 0.862. The summed E-state index contributed by atoms with van der Waals surface area (Å²) in [5.41, 5.74) is 1.34. The van der Waals surface area contributed by atoms with Gasteiger partial charge < -0.3 is 9.84 Å². The van der Waals surface area contributed by atoms with E-state index in [0.717, 1.165) is 9.87 Å². The first-order chi connectivity index (χ1) is 9.01. The average molecular weight is 287 g/mol. The van der Waals surface area contributed by atoms with Crippen LogP contribution in [0.5, 0.6) is 0 Å². The zero-order valence-corrected chi connectivity index (χ0v) is 11.6. The summed E-state index contributed by atoms with van der Waals surface area (Å²) in [6.45, 7) is 3.02. The lowest BCUT2D eigenvalue weighted by Gasteiger charge is -2.26. The third kappa shape index (κ3) is 4.02. The number of esters is 1. The van der Waals surface area contributed by atoms with E-state index >= 15 is 0 Å². The van der Waals surface area contributed by atoms with Gasteiger partial charge in [0, 0.05) is 0 Å². The number of aryl methyl sites for hydroxylation is 1. The summed E-state index contributed by atoms with van der Waals surface area (Å²) >= 11 is -2.44. The minimum absolute atomic E-state index is 0.134. The fraction of sp³-hybridized carbons (Fsp3) is 0.417. The van der Waals surface area contributed by atoms with Crippen LogP contribution in [0.3, 0.4) is 0 Å². The molecule has 1 aromatic carbocycles. The molecular formula is C12H17NO5S. The van der Waals surface area contributed by atoms with Crippen LogP contribution < -0.4 is 4.31 Å². The van der Waals surface area contributed by atoms with Gasteiger partial charge in [-0.05, 0) is 26.0 Å². The maximum Gasteiger partial charge on any atom is 0.332 e. The molecule has 1 rings (SSSR count). The molecule has 106 valence electrons. The first-order valence-electron chi connectivity index (χ1n) is 5.75. The number of carbonyl (C=O) groups is 1. The fourth-order valence-electron chi connectivity index (χ4n) is 1.55. The average Bonchev–Trinajstić information content (AvgIpc) is 2.37. The van der Waals surface area contributed by atoms with E-state index in [2.05, 4.69) is 0 Å². The zero-order chi connectivity index (χ0) is 14.4. The van der Waals surface area contributed by atoms with Gasteiger partial charge in [0.2, 0.25) is 0 Å². The van der Waals surface area contributed by atoms with Crippen molar-refractivity contribution in [1.82, 2.24) is 0 Å². The van der Waals surface area contributed by atoms with Crippen LogP contribution in [0.4, 0.5) is 5.69 Å². The van der Waals surface area contributed by atoms with Gasteiger partial charge >= 0.3 is 5.97 Å². The van der Waals surface area contributed by atoms with Gasteiger partial charge in [-0.3, -0.25) is 8.86 Å². The molecule has 0 heterocycles. The molecule has 2 atom stereocenters. The number of carbonyl (C=O) groups excluding carboxylic acids is 1. The number of anilines is 1.